The molecule has 1 unspecified atom stereocenters. The van der Waals surface area contributed by atoms with Crippen LogP contribution in [-0.4, -0.2) is 72.5 Å². The first kappa shape index (κ1) is 25.2. The lowest BCUT2D eigenvalue weighted by Gasteiger charge is -2.49. The molecule has 1 aromatic rings. The van der Waals surface area contributed by atoms with Crippen molar-refractivity contribution in [3.8, 4) is 0 Å². The summed E-state index contributed by atoms with van der Waals surface area (Å²) in [5.41, 5.74) is 12.6. The molecule has 1 heterocycles. The van der Waals surface area contributed by atoms with E-state index < -0.39 is 6.04 Å². The molecule has 1 aliphatic heterocycles. The number of benzene rings is 1. The number of rotatable bonds is 8. The van der Waals surface area contributed by atoms with Crippen LogP contribution in [0.2, 0.25) is 10.0 Å². The molecule has 3 rings (SSSR count). The monoisotopic (exact) mass is 483 g/mol. The van der Waals surface area contributed by atoms with Gasteiger partial charge >= 0.3 is 0 Å². The van der Waals surface area contributed by atoms with Gasteiger partial charge in [-0.2, -0.15) is 0 Å². The summed E-state index contributed by atoms with van der Waals surface area (Å²) in [6.45, 7) is 3.74. The average Bonchev–Trinajstić information content (AvgIpc) is 2.80. The first-order valence-electron chi connectivity index (χ1n) is 11.6. The summed E-state index contributed by atoms with van der Waals surface area (Å²) in [6.07, 6.45) is 6.44. The fourth-order valence-electron chi connectivity index (χ4n) is 4.99. The zero-order valence-corrected chi connectivity index (χ0v) is 20.1. The number of amides is 2. The highest BCUT2D eigenvalue weighted by molar-refractivity contribution is 6.35. The van der Waals surface area contributed by atoms with Crippen LogP contribution in [0.4, 0.5) is 0 Å². The third-order valence-electron chi connectivity index (χ3n) is 6.87. The second-order valence-corrected chi connectivity index (χ2v) is 9.74. The van der Waals surface area contributed by atoms with Crippen molar-refractivity contribution in [2.24, 2.45) is 11.5 Å². The number of nitrogens with one attached hydrogen (secondary N) is 1. The van der Waals surface area contributed by atoms with Gasteiger partial charge in [-0.25, -0.2) is 0 Å². The molecule has 9 heteroatoms. The molecule has 0 aromatic heterocycles. The number of nitrogens with two attached hydrogens (primary N) is 2. The first-order valence-corrected chi connectivity index (χ1v) is 12.3. The van der Waals surface area contributed by atoms with Crippen LogP contribution < -0.4 is 16.8 Å². The summed E-state index contributed by atoms with van der Waals surface area (Å²) < 4.78 is 0. The van der Waals surface area contributed by atoms with E-state index >= 15 is 0 Å². The Hall–Kier alpha value is -1.38. The van der Waals surface area contributed by atoms with E-state index in [9.17, 15) is 9.59 Å². The Morgan fingerprint density at radius 2 is 1.75 bits per heavy atom. The average molecular weight is 484 g/mol. The van der Waals surface area contributed by atoms with Gasteiger partial charge in [-0.05, 0) is 30.5 Å². The van der Waals surface area contributed by atoms with Crippen LogP contribution >= 0.6 is 23.2 Å². The van der Waals surface area contributed by atoms with E-state index in [4.69, 9.17) is 34.7 Å². The molecular formula is C23H35Cl2N5O2. The van der Waals surface area contributed by atoms with Crippen LogP contribution in [0.3, 0.4) is 0 Å². The Morgan fingerprint density at radius 1 is 1.06 bits per heavy atom. The van der Waals surface area contributed by atoms with Gasteiger partial charge in [-0.3, -0.25) is 14.5 Å². The third kappa shape index (κ3) is 6.14. The molecule has 32 heavy (non-hydrogen) atoms. The van der Waals surface area contributed by atoms with Crippen molar-refractivity contribution in [2.45, 2.75) is 56.5 Å². The first-order chi connectivity index (χ1) is 15.4. The Bertz CT molecular complexity index is 793. The van der Waals surface area contributed by atoms with Crippen LogP contribution in [0.15, 0.2) is 18.2 Å². The van der Waals surface area contributed by atoms with Crippen molar-refractivity contribution in [1.82, 2.24) is 15.1 Å². The molecule has 2 amide bonds. The van der Waals surface area contributed by atoms with Gasteiger partial charge in [0, 0.05) is 67.7 Å². The number of hydrogen-bond donors (Lipinski definition) is 3. The lowest BCUT2D eigenvalue weighted by Crippen LogP contribution is -2.63. The number of carbonyl (C=O) groups excluding carboxylic acids is 2. The molecule has 0 spiro atoms. The molecule has 178 valence electrons. The van der Waals surface area contributed by atoms with Gasteiger partial charge in [0.15, 0.2) is 0 Å². The molecule has 0 radical (unpaired) electrons. The van der Waals surface area contributed by atoms with E-state index in [0.29, 0.717) is 36.1 Å². The maximum absolute atomic E-state index is 13.4. The minimum Gasteiger partial charge on any atom is -0.344 e. The minimum absolute atomic E-state index is 0.0684. The van der Waals surface area contributed by atoms with Crippen LogP contribution in [-0.2, 0) is 16.0 Å². The molecule has 1 atom stereocenters. The van der Waals surface area contributed by atoms with Gasteiger partial charge in [0.05, 0.1) is 0 Å². The Balaban J connectivity index is 1.68. The Kier molecular flexibility index (Phi) is 9.20. The second kappa shape index (κ2) is 11.7. The minimum atomic E-state index is -0.697. The maximum atomic E-state index is 13.4. The van der Waals surface area contributed by atoms with E-state index in [1.54, 1.807) is 18.2 Å². The molecule has 2 fully saturated rings. The van der Waals surface area contributed by atoms with E-state index in [1.165, 1.54) is 19.3 Å². The van der Waals surface area contributed by atoms with Crippen molar-refractivity contribution >= 4 is 35.0 Å². The summed E-state index contributed by atoms with van der Waals surface area (Å²) >= 11 is 12.3. The van der Waals surface area contributed by atoms with E-state index in [1.807, 2.05) is 4.90 Å². The molecule has 1 aromatic carbocycles. The molecule has 7 nitrogen and oxygen atoms in total. The predicted molar refractivity (Wildman–Crippen MR) is 129 cm³/mol. The predicted octanol–water partition coefficient (Wildman–Crippen LogP) is 2.18. The van der Waals surface area contributed by atoms with Crippen molar-refractivity contribution in [3.63, 3.8) is 0 Å². The molecule has 5 N–H and O–H groups in total. The lowest BCUT2D eigenvalue weighted by molar-refractivity contribution is -0.139. The lowest BCUT2D eigenvalue weighted by atomic mass is 9.80. The molecule has 2 aliphatic rings. The second-order valence-electron chi connectivity index (χ2n) is 8.90. The highest BCUT2D eigenvalue weighted by Crippen LogP contribution is 2.33. The van der Waals surface area contributed by atoms with Crippen molar-refractivity contribution in [2.75, 3.05) is 39.3 Å². The highest BCUT2D eigenvalue weighted by atomic mass is 35.5. The normalized spacial score (nSPS) is 20.1. The standard InChI is InChI=1S/C23H35Cl2N5O2/c24-18-5-4-17(19(25)15-18)14-20(28-21(31)6-9-26)22(32)29-10-12-30(13-11-29)23(16-27)7-2-1-3-8-23/h4-5,15,20H,1-3,6-14,16,26-27H2,(H,28,31). The highest BCUT2D eigenvalue weighted by Gasteiger charge is 2.39. The van der Waals surface area contributed by atoms with E-state index in [-0.39, 0.29) is 30.3 Å². The third-order valence-corrected chi connectivity index (χ3v) is 7.46. The van der Waals surface area contributed by atoms with E-state index in [2.05, 4.69) is 10.2 Å². The van der Waals surface area contributed by atoms with Crippen molar-refractivity contribution < 1.29 is 9.59 Å². The molecule has 0 bridgehead atoms. The van der Waals surface area contributed by atoms with Gasteiger partial charge < -0.3 is 21.7 Å². The van der Waals surface area contributed by atoms with Crippen molar-refractivity contribution in [1.29, 1.82) is 0 Å². The number of piperazine rings is 1. The largest absolute Gasteiger partial charge is 0.344 e. The molecule has 1 aliphatic carbocycles. The van der Waals surface area contributed by atoms with Gasteiger partial charge in [0.25, 0.3) is 0 Å². The van der Waals surface area contributed by atoms with Gasteiger partial charge in [0.2, 0.25) is 11.8 Å². The Morgan fingerprint density at radius 3 is 2.34 bits per heavy atom. The maximum Gasteiger partial charge on any atom is 0.245 e. The molecular weight excluding hydrogens is 449 g/mol. The summed E-state index contributed by atoms with van der Waals surface area (Å²) in [5, 5.41) is 3.87. The smallest absolute Gasteiger partial charge is 0.245 e. The van der Waals surface area contributed by atoms with Crippen LogP contribution in [0, 0.1) is 0 Å². The fourth-order valence-corrected chi connectivity index (χ4v) is 5.47. The van der Waals surface area contributed by atoms with E-state index in [0.717, 1.165) is 31.5 Å². The number of halogens is 2. The van der Waals surface area contributed by atoms with Crippen molar-refractivity contribution in [3.05, 3.63) is 33.8 Å². The summed E-state index contributed by atoms with van der Waals surface area (Å²) in [7, 11) is 0. The van der Waals surface area contributed by atoms with Gasteiger partial charge in [-0.15, -0.1) is 0 Å². The topological polar surface area (TPSA) is 105 Å². The molecule has 1 saturated carbocycles. The van der Waals surface area contributed by atoms with Crippen LogP contribution in [0.25, 0.3) is 0 Å². The summed E-state index contributed by atoms with van der Waals surface area (Å²) in [6, 6.07) is 4.49. The SMILES string of the molecule is NCCC(=O)NC(Cc1ccc(Cl)cc1Cl)C(=O)N1CCN(C2(CN)CCCCC2)CC1. The molecule has 1 saturated heterocycles. The van der Waals surface area contributed by atoms with Crippen LogP contribution in [0.1, 0.15) is 44.1 Å². The summed E-state index contributed by atoms with van der Waals surface area (Å²) in [4.78, 5) is 30.0. The number of hydrogen-bond acceptors (Lipinski definition) is 5. The quantitative estimate of drug-likeness (QED) is 0.525. The van der Waals surface area contributed by atoms with Gasteiger partial charge in [-0.1, -0.05) is 48.5 Å². The van der Waals surface area contributed by atoms with Crippen LogP contribution in [0.5, 0.6) is 0 Å². The van der Waals surface area contributed by atoms with Gasteiger partial charge in [0.1, 0.15) is 6.04 Å². The zero-order chi connectivity index (χ0) is 23.1. The zero-order valence-electron chi connectivity index (χ0n) is 18.6. The Labute approximate surface area is 200 Å². The fraction of sp³-hybridized carbons (Fsp3) is 0.652. The number of nitrogens with zero attached hydrogens (tertiary/aromatic N) is 2. The number of carbonyl (C=O) groups is 2. The summed E-state index contributed by atoms with van der Waals surface area (Å²) in [5.74, 6) is -0.328.